The van der Waals surface area contributed by atoms with E-state index < -0.39 is 0 Å². The van der Waals surface area contributed by atoms with E-state index in [9.17, 15) is 0 Å². The Bertz CT molecular complexity index is 315. The fraction of sp³-hybridized carbons (Fsp3) is 0.900. The van der Waals surface area contributed by atoms with Gasteiger partial charge in [0.2, 0.25) is 0 Å². The molecule has 84 valence electrons. The summed E-state index contributed by atoms with van der Waals surface area (Å²) in [7, 11) is 0. The SMILES string of the molecule is CCNCc1nnnn1CC1(C)CCC1. The second-order valence-corrected chi connectivity index (χ2v) is 4.70. The molecule has 1 saturated carbocycles. The monoisotopic (exact) mass is 209 g/mol. The van der Waals surface area contributed by atoms with Gasteiger partial charge < -0.3 is 5.32 Å². The van der Waals surface area contributed by atoms with Crippen LogP contribution in [0, 0.1) is 5.41 Å². The maximum Gasteiger partial charge on any atom is 0.165 e. The highest BCUT2D eigenvalue weighted by Crippen LogP contribution is 2.41. The van der Waals surface area contributed by atoms with E-state index in [4.69, 9.17) is 0 Å². The van der Waals surface area contributed by atoms with Gasteiger partial charge in [0.05, 0.1) is 13.1 Å². The molecule has 0 amide bonds. The topological polar surface area (TPSA) is 55.6 Å². The van der Waals surface area contributed by atoms with Crippen molar-refractivity contribution in [1.82, 2.24) is 25.5 Å². The number of hydrogen-bond donors (Lipinski definition) is 1. The van der Waals surface area contributed by atoms with Crippen molar-refractivity contribution in [3.8, 4) is 0 Å². The van der Waals surface area contributed by atoms with Crippen molar-refractivity contribution in [2.24, 2.45) is 5.41 Å². The van der Waals surface area contributed by atoms with Gasteiger partial charge >= 0.3 is 0 Å². The first-order valence-electron chi connectivity index (χ1n) is 5.69. The maximum absolute atomic E-state index is 4.05. The second kappa shape index (κ2) is 4.26. The summed E-state index contributed by atoms with van der Waals surface area (Å²) in [5.41, 5.74) is 0.427. The average molecular weight is 209 g/mol. The Morgan fingerprint density at radius 3 is 2.87 bits per heavy atom. The van der Waals surface area contributed by atoms with E-state index in [2.05, 4.69) is 34.7 Å². The second-order valence-electron chi connectivity index (χ2n) is 4.70. The minimum Gasteiger partial charge on any atom is -0.310 e. The van der Waals surface area contributed by atoms with E-state index in [1.807, 2.05) is 4.68 Å². The highest BCUT2D eigenvalue weighted by molar-refractivity contribution is 4.87. The van der Waals surface area contributed by atoms with Gasteiger partial charge in [-0.1, -0.05) is 20.3 Å². The van der Waals surface area contributed by atoms with Crippen LogP contribution in [0.1, 0.15) is 38.9 Å². The lowest BCUT2D eigenvalue weighted by molar-refractivity contribution is 0.123. The van der Waals surface area contributed by atoms with E-state index in [1.165, 1.54) is 19.3 Å². The van der Waals surface area contributed by atoms with Gasteiger partial charge in [-0.15, -0.1) is 5.10 Å². The van der Waals surface area contributed by atoms with Crippen molar-refractivity contribution >= 4 is 0 Å². The highest BCUT2D eigenvalue weighted by atomic mass is 15.5. The lowest BCUT2D eigenvalue weighted by Gasteiger charge is -2.38. The molecule has 1 N–H and O–H groups in total. The highest BCUT2D eigenvalue weighted by Gasteiger charge is 2.33. The standard InChI is InChI=1S/C10H19N5/c1-3-11-7-9-12-13-14-15(9)8-10(2)5-4-6-10/h11H,3-8H2,1-2H3. The van der Waals surface area contributed by atoms with Gasteiger partial charge in [-0.25, -0.2) is 4.68 Å². The van der Waals surface area contributed by atoms with Crippen LogP contribution in [0.5, 0.6) is 0 Å². The van der Waals surface area contributed by atoms with Crippen LogP contribution in [-0.4, -0.2) is 26.8 Å². The van der Waals surface area contributed by atoms with E-state index in [0.29, 0.717) is 5.41 Å². The third kappa shape index (κ3) is 2.34. The normalized spacial score (nSPS) is 18.8. The van der Waals surface area contributed by atoms with Gasteiger partial charge in [-0.2, -0.15) is 0 Å². The predicted molar refractivity (Wildman–Crippen MR) is 57.2 cm³/mol. The number of hydrogen-bond acceptors (Lipinski definition) is 4. The number of nitrogens with zero attached hydrogens (tertiary/aromatic N) is 4. The maximum atomic E-state index is 4.05. The van der Waals surface area contributed by atoms with Gasteiger partial charge in [0.15, 0.2) is 5.82 Å². The molecule has 0 aliphatic heterocycles. The summed E-state index contributed by atoms with van der Waals surface area (Å²) < 4.78 is 1.95. The molecule has 0 unspecified atom stereocenters. The van der Waals surface area contributed by atoms with Crippen LogP contribution in [0.2, 0.25) is 0 Å². The Morgan fingerprint density at radius 2 is 2.27 bits per heavy atom. The van der Waals surface area contributed by atoms with Gasteiger partial charge in [-0.3, -0.25) is 0 Å². The van der Waals surface area contributed by atoms with Crippen molar-refractivity contribution in [2.45, 2.75) is 46.2 Å². The molecule has 0 spiro atoms. The summed E-state index contributed by atoms with van der Waals surface area (Å²) in [5.74, 6) is 0.949. The third-order valence-corrected chi connectivity index (χ3v) is 3.23. The molecule has 1 aromatic rings. The van der Waals surface area contributed by atoms with Crippen LogP contribution in [0.15, 0.2) is 0 Å². The fourth-order valence-electron chi connectivity index (χ4n) is 2.01. The predicted octanol–water partition coefficient (Wildman–Crippen LogP) is 0.973. The third-order valence-electron chi connectivity index (χ3n) is 3.23. The average Bonchev–Trinajstić information content (AvgIpc) is 2.60. The summed E-state index contributed by atoms with van der Waals surface area (Å²) in [5, 5.41) is 15.1. The summed E-state index contributed by atoms with van der Waals surface area (Å²) in [6, 6.07) is 0. The van der Waals surface area contributed by atoms with Gasteiger partial charge in [0.1, 0.15) is 0 Å². The van der Waals surface area contributed by atoms with Crippen LogP contribution in [0.25, 0.3) is 0 Å². The first-order chi connectivity index (χ1) is 7.23. The van der Waals surface area contributed by atoms with Crippen molar-refractivity contribution in [2.75, 3.05) is 6.54 Å². The Morgan fingerprint density at radius 1 is 1.47 bits per heavy atom. The minimum absolute atomic E-state index is 0.427. The quantitative estimate of drug-likeness (QED) is 0.785. The molecule has 0 aromatic carbocycles. The molecule has 1 aromatic heterocycles. The largest absolute Gasteiger partial charge is 0.310 e. The molecule has 1 fully saturated rings. The van der Waals surface area contributed by atoms with E-state index >= 15 is 0 Å². The van der Waals surface area contributed by atoms with Crippen LogP contribution < -0.4 is 5.32 Å². The molecular weight excluding hydrogens is 190 g/mol. The van der Waals surface area contributed by atoms with Gasteiger partial charge in [0, 0.05) is 0 Å². The molecule has 0 saturated heterocycles. The number of aromatic nitrogens is 4. The molecule has 5 nitrogen and oxygen atoms in total. The Labute approximate surface area is 90.2 Å². The number of rotatable bonds is 5. The van der Waals surface area contributed by atoms with Crippen molar-refractivity contribution in [3.63, 3.8) is 0 Å². The Kier molecular flexibility index (Phi) is 3.00. The summed E-state index contributed by atoms with van der Waals surface area (Å²) in [4.78, 5) is 0. The van der Waals surface area contributed by atoms with Crippen molar-refractivity contribution in [1.29, 1.82) is 0 Å². The van der Waals surface area contributed by atoms with Gasteiger partial charge in [0.25, 0.3) is 0 Å². The van der Waals surface area contributed by atoms with Crippen LogP contribution in [0.4, 0.5) is 0 Å². The zero-order valence-electron chi connectivity index (χ0n) is 9.53. The molecule has 1 aliphatic carbocycles. The molecule has 0 atom stereocenters. The lowest BCUT2D eigenvalue weighted by Crippen LogP contribution is -2.32. The fourth-order valence-corrected chi connectivity index (χ4v) is 2.01. The molecule has 0 bridgehead atoms. The number of tetrazole rings is 1. The molecule has 1 heterocycles. The number of nitrogens with one attached hydrogen (secondary N) is 1. The van der Waals surface area contributed by atoms with E-state index in [1.54, 1.807) is 0 Å². The van der Waals surface area contributed by atoms with Crippen molar-refractivity contribution < 1.29 is 0 Å². The van der Waals surface area contributed by atoms with Crippen LogP contribution >= 0.6 is 0 Å². The molecule has 5 heteroatoms. The molecular formula is C10H19N5. The van der Waals surface area contributed by atoms with Crippen LogP contribution in [0.3, 0.4) is 0 Å². The smallest absolute Gasteiger partial charge is 0.165 e. The van der Waals surface area contributed by atoms with E-state index in [-0.39, 0.29) is 0 Å². The molecule has 1 aliphatic rings. The Hall–Kier alpha value is -0.970. The first kappa shape index (κ1) is 10.5. The lowest BCUT2D eigenvalue weighted by atomic mass is 9.70. The van der Waals surface area contributed by atoms with Gasteiger partial charge in [-0.05, 0) is 35.2 Å². The van der Waals surface area contributed by atoms with Crippen LogP contribution in [-0.2, 0) is 13.1 Å². The summed E-state index contributed by atoms with van der Waals surface area (Å²) in [6.07, 6.45) is 3.95. The van der Waals surface area contributed by atoms with Crippen molar-refractivity contribution in [3.05, 3.63) is 5.82 Å². The molecule has 2 rings (SSSR count). The zero-order valence-corrected chi connectivity index (χ0v) is 9.53. The summed E-state index contributed by atoms with van der Waals surface area (Å²) >= 11 is 0. The zero-order chi connectivity index (χ0) is 10.7. The Balaban J connectivity index is 1.98. The first-order valence-corrected chi connectivity index (χ1v) is 5.69. The molecule has 0 radical (unpaired) electrons. The molecule has 15 heavy (non-hydrogen) atoms. The minimum atomic E-state index is 0.427. The van der Waals surface area contributed by atoms with E-state index in [0.717, 1.165) is 25.5 Å². The summed E-state index contributed by atoms with van der Waals surface area (Å²) in [6.45, 7) is 7.07.